The van der Waals surface area contributed by atoms with Gasteiger partial charge < -0.3 is 24.8 Å². The molecule has 0 amide bonds. The number of ether oxygens (including phenoxy) is 1. The molecule has 4 aromatic rings. The van der Waals surface area contributed by atoms with Crippen molar-refractivity contribution < 1.29 is 19.5 Å². The number of benzene rings is 2. The van der Waals surface area contributed by atoms with Crippen LogP contribution in [0.25, 0.3) is 21.1 Å². The largest absolute Gasteiger partial charge is 0.490 e. The summed E-state index contributed by atoms with van der Waals surface area (Å²) < 4.78 is 19.7. The zero-order chi connectivity index (χ0) is 21.3. The highest BCUT2D eigenvalue weighted by atomic mass is 32.1. The zero-order valence-corrected chi connectivity index (χ0v) is 18.2. The average molecular weight is 444 g/mol. The summed E-state index contributed by atoms with van der Waals surface area (Å²) in [6.07, 6.45) is 0.417. The molecule has 0 bridgehead atoms. The highest BCUT2D eigenvalue weighted by Gasteiger charge is 2.21. The second-order valence-corrected chi connectivity index (χ2v) is 11.3. The number of anilines is 2. The quantitative estimate of drug-likeness (QED) is 0.373. The molecular formula is C20H21N4O4PS. The Balaban J connectivity index is 1.76. The minimum absolute atomic E-state index is 0.112. The number of rotatable bonds is 7. The Morgan fingerprint density at radius 1 is 1.17 bits per heavy atom. The molecule has 2 heterocycles. The van der Waals surface area contributed by atoms with Gasteiger partial charge in [0.1, 0.15) is 37.7 Å². The lowest BCUT2D eigenvalue weighted by Crippen LogP contribution is -2.23. The van der Waals surface area contributed by atoms with E-state index in [1.807, 2.05) is 18.2 Å². The second kappa shape index (κ2) is 8.28. The number of aliphatic hydroxyl groups excluding tert-OH is 2. The molecule has 0 aliphatic rings. The maximum absolute atomic E-state index is 12.9. The van der Waals surface area contributed by atoms with Crippen molar-refractivity contribution in [3.05, 3.63) is 42.2 Å². The van der Waals surface area contributed by atoms with Crippen LogP contribution in [-0.4, -0.2) is 57.8 Å². The van der Waals surface area contributed by atoms with Gasteiger partial charge in [0.15, 0.2) is 0 Å². The molecule has 2 aromatic carbocycles. The van der Waals surface area contributed by atoms with Crippen LogP contribution in [0.1, 0.15) is 0 Å². The molecule has 10 heteroatoms. The van der Waals surface area contributed by atoms with Gasteiger partial charge in [-0.25, -0.2) is 15.0 Å². The number of fused-ring (bicyclic) bond motifs is 2. The van der Waals surface area contributed by atoms with Gasteiger partial charge >= 0.3 is 0 Å². The lowest BCUT2D eigenvalue weighted by molar-refractivity contribution is 0.0540. The number of nitrogens with one attached hydrogen (secondary N) is 1. The van der Waals surface area contributed by atoms with Gasteiger partial charge in [-0.05, 0) is 37.6 Å². The molecule has 0 saturated heterocycles. The summed E-state index contributed by atoms with van der Waals surface area (Å²) in [5.41, 5.74) is 4.13. The zero-order valence-electron chi connectivity index (χ0n) is 16.4. The fraction of sp³-hybridized carbons (Fsp3) is 0.250. The third-order valence-corrected chi connectivity index (χ3v) is 6.85. The van der Waals surface area contributed by atoms with Gasteiger partial charge in [0.05, 0.1) is 33.2 Å². The Kier molecular flexibility index (Phi) is 5.71. The second-order valence-electron chi connectivity index (χ2n) is 7.22. The van der Waals surface area contributed by atoms with Crippen LogP contribution >= 0.6 is 18.5 Å². The van der Waals surface area contributed by atoms with E-state index in [1.165, 1.54) is 6.33 Å². The van der Waals surface area contributed by atoms with Crippen molar-refractivity contribution in [2.75, 3.05) is 31.9 Å². The van der Waals surface area contributed by atoms with E-state index in [2.05, 4.69) is 20.3 Å². The van der Waals surface area contributed by atoms with Gasteiger partial charge in [0.25, 0.3) is 0 Å². The lowest BCUT2D eigenvalue weighted by Gasteiger charge is -2.18. The smallest absolute Gasteiger partial charge is 0.141 e. The maximum Gasteiger partial charge on any atom is 0.141 e. The van der Waals surface area contributed by atoms with Crippen LogP contribution in [0.2, 0.25) is 0 Å². The van der Waals surface area contributed by atoms with E-state index < -0.39 is 19.9 Å². The molecule has 4 rings (SSSR count). The third-order valence-electron chi connectivity index (χ3n) is 4.53. The first-order valence-electron chi connectivity index (χ1n) is 9.21. The summed E-state index contributed by atoms with van der Waals surface area (Å²) in [5, 5.41) is 23.2. The third kappa shape index (κ3) is 4.29. The molecule has 0 aliphatic heterocycles. The molecule has 0 fully saturated rings. The number of thiazole rings is 1. The number of hydrogen-bond acceptors (Lipinski definition) is 9. The van der Waals surface area contributed by atoms with Crippen LogP contribution in [0.5, 0.6) is 5.75 Å². The molecular weight excluding hydrogens is 423 g/mol. The van der Waals surface area contributed by atoms with Crippen LogP contribution in [0.15, 0.2) is 42.2 Å². The van der Waals surface area contributed by atoms with Crippen LogP contribution < -0.4 is 15.4 Å². The van der Waals surface area contributed by atoms with Crippen LogP contribution in [-0.2, 0) is 4.57 Å². The topological polar surface area (TPSA) is 117 Å². The highest BCUT2D eigenvalue weighted by Crippen LogP contribution is 2.41. The molecule has 30 heavy (non-hydrogen) atoms. The van der Waals surface area contributed by atoms with Crippen LogP contribution in [0.4, 0.5) is 11.5 Å². The normalized spacial score (nSPS) is 12.9. The van der Waals surface area contributed by atoms with E-state index in [1.54, 1.807) is 42.3 Å². The predicted octanol–water partition coefficient (Wildman–Crippen LogP) is 2.96. The lowest BCUT2D eigenvalue weighted by atomic mass is 10.2. The Morgan fingerprint density at radius 3 is 2.77 bits per heavy atom. The van der Waals surface area contributed by atoms with E-state index >= 15 is 0 Å². The first-order valence-corrected chi connectivity index (χ1v) is 12.7. The summed E-state index contributed by atoms with van der Waals surface area (Å²) in [7, 11) is -2.72. The summed E-state index contributed by atoms with van der Waals surface area (Å²) in [6, 6.07) is 9.34. The Morgan fingerprint density at radius 2 is 2.00 bits per heavy atom. The van der Waals surface area contributed by atoms with Crippen molar-refractivity contribution in [1.82, 2.24) is 15.0 Å². The number of hydrogen-bond donors (Lipinski definition) is 3. The average Bonchev–Trinajstić information content (AvgIpc) is 3.18. The molecule has 0 radical (unpaired) electrons. The Bertz CT molecular complexity index is 1260. The van der Waals surface area contributed by atoms with Crippen molar-refractivity contribution >= 4 is 56.4 Å². The van der Waals surface area contributed by atoms with E-state index in [-0.39, 0.29) is 6.61 Å². The summed E-state index contributed by atoms with van der Waals surface area (Å²) in [6.45, 7) is 2.77. The summed E-state index contributed by atoms with van der Waals surface area (Å²) in [5.74, 6) is 0.947. The maximum atomic E-state index is 12.9. The van der Waals surface area contributed by atoms with Gasteiger partial charge in [-0.15, -0.1) is 11.3 Å². The summed E-state index contributed by atoms with van der Waals surface area (Å²) >= 11 is 1.58. The minimum Gasteiger partial charge on any atom is -0.490 e. The predicted molar refractivity (Wildman–Crippen MR) is 120 cm³/mol. The molecule has 0 saturated carbocycles. The van der Waals surface area contributed by atoms with Crippen molar-refractivity contribution in [3.63, 3.8) is 0 Å². The standard InChI is InChI=1S/C20H21N4O4PS/c1-29(2,27)18-6-14-15(7-17(18)28-9-13(26)8-25)21-10-22-20(14)24-12-3-4-19-16(5-12)23-11-30-19/h3-7,10-11,13,25-26H,8-9H2,1-2H3,(H,21,22,24). The first-order chi connectivity index (χ1) is 14.3. The minimum atomic E-state index is -2.72. The van der Waals surface area contributed by atoms with Gasteiger partial charge in [-0.2, -0.15) is 0 Å². The van der Waals surface area contributed by atoms with Gasteiger partial charge in [0.2, 0.25) is 0 Å². The molecule has 1 atom stereocenters. The fourth-order valence-electron chi connectivity index (χ4n) is 3.02. The van der Waals surface area contributed by atoms with E-state index in [4.69, 9.17) is 9.84 Å². The van der Waals surface area contributed by atoms with Gasteiger partial charge in [-0.1, -0.05) is 0 Å². The van der Waals surface area contributed by atoms with E-state index in [0.29, 0.717) is 27.8 Å². The Labute approximate surface area is 177 Å². The fourth-order valence-corrected chi connectivity index (χ4v) is 4.78. The number of aliphatic hydroxyl groups is 2. The molecule has 3 N–H and O–H groups in total. The molecule has 156 valence electrons. The molecule has 0 aliphatic carbocycles. The van der Waals surface area contributed by atoms with Gasteiger partial charge in [-0.3, -0.25) is 0 Å². The summed E-state index contributed by atoms with van der Waals surface area (Å²) in [4.78, 5) is 13.0. The number of nitrogens with zero attached hydrogens (tertiary/aromatic N) is 3. The molecule has 0 spiro atoms. The number of aromatic nitrogens is 3. The van der Waals surface area contributed by atoms with E-state index in [0.717, 1.165) is 15.9 Å². The van der Waals surface area contributed by atoms with Crippen molar-refractivity contribution in [3.8, 4) is 5.75 Å². The van der Waals surface area contributed by atoms with Crippen molar-refractivity contribution in [2.24, 2.45) is 0 Å². The first kappa shape index (κ1) is 20.7. The Hall–Kier alpha value is -2.58. The highest BCUT2D eigenvalue weighted by molar-refractivity contribution is 7.70. The molecule has 8 nitrogen and oxygen atoms in total. The van der Waals surface area contributed by atoms with Crippen LogP contribution in [0.3, 0.4) is 0 Å². The van der Waals surface area contributed by atoms with Crippen molar-refractivity contribution in [2.45, 2.75) is 6.10 Å². The van der Waals surface area contributed by atoms with E-state index in [9.17, 15) is 9.67 Å². The molecule has 1 unspecified atom stereocenters. The van der Waals surface area contributed by atoms with Gasteiger partial charge in [0, 0.05) is 17.1 Å². The molecule has 2 aromatic heterocycles. The van der Waals surface area contributed by atoms with Crippen LogP contribution in [0, 0.1) is 0 Å². The SMILES string of the molecule is CP(C)(=O)c1cc2c(Nc3ccc4scnc4c3)ncnc2cc1OCC(O)CO. The van der Waals surface area contributed by atoms with Crippen molar-refractivity contribution in [1.29, 1.82) is 0 Å². The monoisotopic (exact) mass is 444 g/mol.